The number of methoxy groups -OCH3 is 2. The van der Waals surface area contributed by atoms with E-state index in [1.807, 2.05) is 6.07 Å². The number of amides is 2. The van der Waals surface area contributed by atoms with Crippen LogP contribution >= 0.6 is 0 Å². The van der Waals surface area contributed by atoms with Crippen molar-refractivity contribution in [3.8, 4) is 0 Å². The summed E-state index contributed by atoms with van der Waals surface area (Å²) in [6.07, 6.45) is 0.0753. The normalized spacial score (nSPS) is 36.5. The zero-order valence-electron chi connectivity index (χ0n) is 14.5. The number of rotatable bonds is 1. The van der Waals surface area contributed by atoms with E-state index in [2.05, 4.69) is 30.0 Å². The second-order valence-corrected chi connectivity index (χ2v) is 7.35. The molecule has 6 atom stereocenters. The molecule has 2 amide bonds. The summed E-state index contributed by atoms with van der Waals surface area (Å²) in [6, 6.07) is 9.38. The quantitative estimate of drug-likeness (QED) is 0.730. The smallest absolute Gasteiger partial charge is 0.429 e. The van der Waals surface area contributed by atoms with E-state index in [-0.39, 0.29) is 12.1 Å². The van der Waals surface area contributed by atoms with Gasteiger partial charge in [0.2, 0.25) is 0 Å². The predicted molar refractivity (Wildman–Crippen MR) is 88.9 cm³/mol. The van der Waals surface area contributed by atoms with E-state index in [0.29, 0.717) is 23.9 Å². The third-order valence-electron chi connectivity index (χ3n) is 6.47. The number of carbonyl (C=O) groups excluding carboxylic acids is 2. The van der Waals surface area contributed by atoms with Crippen molar-refractivity contribution in [1.82, 2.24) is 10.0 Å². The van der Waals surface area contributed by atoms with Crippen LogP contribution in [0, 0.1) is 18.8 Å². The van der Waals surface area contributed by atoms with Crippen LogP contribution in [-0.4, -0.2) is 60.6 Å². The number of hydrogen-bond acceptors (Lipinski definition) is 5. The molecule has 0 spiro atoms. The molecule has 2 saturated carbocycles. The summed E-state index contributed by atoms with van der Waals surface area (Å²) in [5, 5.41) is 2.93. The van der Waals surface area contributed by atoms with Gasteiger partial charge in [-0.3, -0.25) is 0 Å². The lowest BCUT2D eigenvalue weighted by atomic mass is 9.86. The molecule has 1 aromatic carbocycles. The van der Waals surface area contributed by atoms with Crippen LogP contribution in [0.15, 0.2) is 24.3 Å². The molecule has 0 aromatic heterocycles. The summed E-state index contributed by atoms with van der Waals surface area (Å²) in [5.41, 5.74) is 2.53. The van der Waals surface area contributed by atoms with Crippen molar-refractivity contribution in [2.45, 2.75) is 37.5 Å². The van der Waals surface area contributed by atoms with Crippen LogP contribution < -0.4 is 4.90 Å². The van der Waals surface area contributed by atoms with Crippen LogP contribution in [0.4, 0.5) is 15.3 Å². The van der Waals surface area contributed by atoms with Gasteiger partial charge >= 0.3 is 12.2 Å². The minimum absolute atomic E-state index is 0.0341. The van der Waals surface area contributed by atoms with E-state index in [4.69, 9.17) is 9.47 Å². The van der Waals surface area contributed by atoms with Gasteiger partial charge in [0.15, 0.2) is 0 Å². The number of carbonyl (C=O) groups is 2. The van der Waals surface area contributed by atoms with Crippen LogP contribution in [-0.2, 0) is 9.47 Å². The van der Waals surface area contributed by atoms with E-state index in [1.165, 1.54) is 35.5 Å². The summed E-state index contributed by atoms with van der Waals surface area (Å²) in [4.78, 5) is 26.9. The minimum Gasteiger partial charge on any atom is -0.452 e. The van der Waals surface area contributed by atoms with Gasteiger partial charge in [0.25, 0.3) is 0 Å². The Kier molecular flexibility index (Phi) is 2.86. The molecule has 4 aliphatic rings. The Balaban J connectivity index is 1.46. The molecule has 2 heterocycles. The number of piperidine rings is 1. The topological polar surface area (TPSA) is 62.1 Å². The van der Waals surface area contributed by atoms with Gasteiger partial charge in [-0.05, 0) is 25.0 Å². The first-order valence-electron chi connectivity index (χ1n) is 8.68. The van der Waals surface area contributed by atoms with Crippen LogP contribution in [0.25, 0.3) is 0 Å². The second-order valence-electron chi connectivity index (χ2n) is 7.35. The third-order valence-corrected chi connectivity index (χ3v) is 6.47. The number of benzene rings is 1. The van der Waals surface area contributed by atoms with Crippen molar-refractivity contribution in [3.05, 3.63) is 29.8 Å². The molecule has 2 bridgehead atoms. The number of aryl methyl sites for hydroxylation is 1. The number of hydrogen-bond donors (Lipinski definition) is 0. The fourth-order valence-electron chi connectivity index (χ4n) is 5.62. The first kappa shape index (κ1) is 14.9. The van der Waals surface area contributed by atoms with Crippen LogP contribution in [0.5, 0.6) is 0 Å². The molecule has 0 radical (unpaired) electrons. The summed E-state index contributed by atoms with van der Waals surface area (Å²) < 4.78 is 9.80. The Bertz CT molecular complexity index is 728. The molecule has 132 valence electrons. The SMILES string of the molecule is COC(=O)N1[C@@H]2[C@@H]3C[C@@H]([C@@H]4[C@H]3N4c3ccccc3C)[C@@H]2N1C(=O)OC. The van der Waals surface area contributed by atoms with Gasteiger partial charge in [0, 0.05) is 17.5 Å². The van der Waals surface area contributed by atoms with E-state index >= 15 is 0 Å². The number of hydrazine groups is 1. The first-order chi connectivity index (χ1) is 12.1. The highest BCUT2D eigenvalue weighted by Gasteiger charge is 2.78. The maximum atomic E-state index is 12.2. The Morgan fingerprint density at radius 1 is 0.920 bits per heavy atom. The lowest BCUT2D eigenvalue weighted by molar-refractivity contribution is -0.173. The van der Waals surface area contributed by atoms with Crippen molar-refractivity contribution in [1.29, 1.82) is 0 Å². The lowest BCUT2D eigenvalue weighted by Crippen LogP contribution is -2.76. The zero-order valence-corrected chi connectivity index (χ0v) is 14.5. The molecule has 1 aromatic rings. The highest BCUT2D eigenvalue weighted by molar-refractivity contribution is 5.78. The number of fused-ring (bicyclic) bond motifs is 8. The molecule has 5 rings (SSSR count). The van der Waals surface area contributed by atoms with Gasteiger partial charge in [-0.2, -0.15) is 0 Å². The molecule has 7 nitrogen and oxygen atoms in total. The lowest BCUT2D eigenvalue weighted by Gasteiger charge is -2.55. The third kappa shape index (κ3) is 1.66. The monoisotopic (exact) mass is 343 g/mol. The molecule has 25 heavy (non-hydrogen) atoms. The maximum Gasteiger partial charge on any atom is 0.429 e. The van der Waals surface area contributed by atoms with Crippen molar-refractivity contribution >= 4 is 17.9 Å². The number of anilines is 1. The number of ether oxygens (including phenoxy) is 2. The molecule has 2 saturated heterocycles. The molecule has 0 N–H and O–H groups in total. The predicted octanol–water partition coefficient (Wildman–Crippen LogP) is 2.00. The van der Waals surface area contributed by atoms with Gasteiger partial charge in [0.1, 0.15) is 0 Å². The highest BCUT2D eigenvalue weighted by Crippen LogP contribution is 2.65. The Morgan fingerprint density at radius 2 is 1.44 bits per heavy atom. The van der Waals surface area contributed by atoms with Gasteiger partial charge in [0.05, 0.1) is 38.4 Å². The summed E-state index contributed by atoms with van der Waals surface area (Å²) in [7, 11) is 2.69. The largest absolute Gasteiger partial charge is 0.452 e. The van der Waals surface area contributed by atoms with Crippen molar-refractivity contribution < 1.29 is 19.1 Å². The van der Waals surface area contributed by atoms with Gasteiger partial charge in [-0.25, -0.2) is 19.6 Å². The second kappa shape index (κ2) is 4.80. The fraction of sp³-hybridized carbons (Fsp3) is 0.556. The van der Waals surface area contributed by atoms with Gasteiger partial charge in [-0.1, -0.05) is 18.2 Å². The molecule has 4 fully saturated rings. The van der Waals surface area contributed by atoms with Crippen LogP contribution in [0.2, 0.25) is 0 Å². The average Bonchev–Trinajstić information content (AvgIpc) is 3.13. The molecule has 7 heteroatoms. The highest BCUT2D eigenvalue weighted by atomic mass is 16.6. The van der Waals surface area contributed by atoms with Crippen LogP contribution in [0.1, 0.15) is 12.0 Å². The average molecular weight is 343 g/mol. The van der Waals surface area contributed by atoms with Crippen molar-refractivity contribution in [2.75, 3.05) is 19.1 Å². The van der Waals surface area contributed by atoms with Crippen molar-refractivity contribution in [2.24, 2.45) is 11.8 Å². The fourth-order valence-corrected chi connectivity index (χ4v) is 5.62. The molecule has 0 unspecified atom stereocenters. The number of para-hydroxylation sites is 1. The molecule has 2 aliphatic heterocycles. The van der Waals surface area contributed by atoms with Gasteiger partial charge in [-0.15, -0.1) is 0 Å². The Labute approximate surface area is 146 Å². The summed E-state index contributed by atoms with van der Waals surface area (Å²) >= 11 is 0. The molecular weight excluding hydrogens is 322 g/mol. The van der Waals surface area contributed by atoms with Gasteiger partial charge < -0.3 is 14.4 Å². The minimum atomic E-state index is -0.487. The summed E-state index contributed by atoms with van der Waals surface area (Å²) in [5.74, 6) is 0.749. The van der Waals surface area contributed by atoms with E-state index in [9.17, 15) is 9.59 Å². The maximum absolute atomic E-state index is 12.2. The van der Waals surface area contributed by atoms with E-state index in [1.54, 1.807) is 0 Å². The molecule has 2 aliphatic carbocycles. The Morgan fingerprint density at radius 3 is 1.92 bits per heavy atom. The molecular formula is C18H21N3O4. The Hall–Kier alpha value is -2.44. The van der Waals surface area contributed by atoms with Crippen LogP contribution in [0.3, 0.4) is 0 Å². The summed E-state index contributed by atoms with van der Waals surface area (Å²) in [6.45, 7) is 2.13. The first-order valence-corrected chi connectivity index (χ1v) is 8.68. The van der Waals surface area contributed by atoms with E-state index < -0.39 is 12.2 Å². The number of nitrogens with zero attached hydrogens (tertiary/aromatic N) is 3. The standard InChI is InChI=1S/C18H21N3O4/c1-9-6-4-5-7-12(9)19-13-10-8-11(14(13)19)16-15(10)20(17(22)24-2)21(16)18(23)25-3/h4-7,10-11,13-16H,8H2,1-3H3/t10-,11+,13+,14-,15-,16+,19?. The van der Waals surface area contributed by atoms with Crippen molar-refractivity contribution in [3.63, 3.8) is 0 Å². The zero-order chi connectivity index (χ0) is 17.5. The van der Waals surface area contributed by atoms with E-state index in [0.717, 1.165) is 6.42 Å².